The van der Waals surface area contributed by atoms with E-state index in [2.05, 4.69) is 5.32 Å². The van der Waals surface area contributed by atoms with E-state index in [1.807, 2.05) is 13.8 Å². The summed E-state index contributed by atoms with van der Waals surface area (Å²) in [5.41, 5.74) is 6.64. The summed E-state index contributed by atoms with van der Waals surface area (Å²) in [6.07, 6.45) is 0. The van der Waals surface area contributed by atoms with Gasteiger partial charge in [0.2, 0.25) is 5.96 Å². The molecule has 8 heavy (non-hydrogen) atoms. The molecule has 0 aromatic heterocycles. The van der Waals surface area contributed by atoms with Crippen molar-refractivity contribution < 1.29 is 0 Å². The molecule has 0 saturated heterocycles. The monoisotopic (exact) mass is 114 g/mol. The molecule has 0 bridgehead atoms. The van der Waals surface area contributed by atoms with E-state index in [1.165, 1.54) is 0 Å². The van der Waals surface area contributed by atoms with Gasteiger partial charge in [-0.1, -0.05) is 13.8 Å². The Morgan fingerprint density at radius 2 is 2.12 bits per heavy atom. The van der Waals surface area contributed by atoms with Crippen molar-refractivity contribution in [3.05, 3.63) is 0 Å². The Kier molecular flexibility index (Phi) is 2.99. The van der Waals surface area contributed by atoms with Gasteiger partial charge in [-0.2, -0.15) is 0 Å². The summed E-state index contributed by atoms with van der Waals surface area (Å²) in [6.45, 7) is 4.80. The van der Waals surface area contributed by atoms with Crippen molar-refractivity contribution >= 4 is 5.96 Å². The minimum atomic E-state index is -0.196. The molecule has 0 aromatic carbocycles. The molecule has 0 spiro atoms. The number of guanidine groups is 1. The first-order chi connectivity index (χ1) is 3.63. The average molecular weight is 114 g/mol. The fourth-order valence-electron chi connectivity index (χ4n) is 0.306. The average Bonchev–Trinajstić information content (AvgIpc) is 1.61. The van der Waals surface area contributed by atoms with Gasteiger partial charge in [0.05, 0.1) is 0 Å². The van der Waals surface area contributed by atoms with Crippen molar-refractivity contribution in [2.45, 2.75) is 13.8 Å². The third-order valence-electron chi connectivity index (χ3n) is 0.687. The third kappa shape index (κ3) is 5.27. The van der Waals surface area contributed by atoms with Crippen LogP contribution in [0, 0.1) is 11.3 Å². The van der Waals surface area contributed by atoms with Crippen LogP contribution < -0.4 is 11.1 Å². The van der Waals surface area contributed by atoms with Crippen LogP contribution in [0.3, 0.4) is 0 Å². The smallest absolute Gasteiger partial charge is 0.207 e. The van der Waals surface area contributed by atoms with Gasteiger partial charge in [-0.3, -0.25) is 11.1 Å². The Bertz CT molecular complexity index is 77.7. The SMILES string of the molecule is CC(C)CNC([NH])=N. The van der Waals surface area contributed by atoms with Gasteiger partial charge in [0, 0.05) is 6.54 Å². The van der Waals surface area contributed by atoms with Gasteiger partial charge in [-0.05, 0) is 5.92 Å². The highest BCUT2D eigenvalue weighted by molar-refractivity contribution is 5.73. The van der Waals surface area contributed by atoms with Gasteiger partial charge in [0.1, 0.15) is 0 Å². The minimum absolute atomic E-state index is 0.196. The molecule has 0 heterocycles. The second kappa shape index (κ2) is 3.29. The Hall–Kier alpha value is -0.730. The maximum atomic E-state index is 6.64. The number of hydrogen-bond acceptors (Lipinski definition) is 1. The second-order valence-corrected chi connectivity index (χ2v) is 2.15. The van der Waals surface area contributed by atoms with E-state index in [-0.39, 0.29) is 5.96 Å². The summed E-state index contributed by atoms with van der Waals surface area (Å²) in [5.74, 6) is 0.319. The summed E-state index contributed by atoms with van der Waals surface area (Å²) in [4.78, 5) is 0. The summed E-state index contributed by atoms with van der Waals surface area (Å²) in [7, 11) is 0. The van der Waals surface area contributed by atoms with Gasteiger partial charge < -0.3 is 5.32 Å². The lowest BCUT2D eigenvalue weighted by atomic mass is 10.2. The van der Waals surface area contributed by atoms with Crippen LogP contribution in [-0.2, 0) is 0 Å². The fraction of sp³-hybridized carbons (Fsp3) is 0.800. The Morgan fingerprint density at radius 3 is 2.25 bits per heavy atom. The van der Waals surface area contributed by atoms with Crippen LogP contribution >= 0.6 is 0 Å². The first-order valence-corrected chi connectivity index (χ1v) is 2.67. The van der Waals surface area contributed by atoms with E-state index in [0.29, 0.717) is 5.92 Å². The number of nitrogens with one attached hydrogen (secondary N) is 3. The molecule has 0 fully saturated rings. The zero-order valence-corrected chi connectivity index (χ0v) is 5.28. The molecule has 0 aromatic rings. The van der Waals surface area contributed by atoms with Crippen LogP contribution in [0.1, 0.15) is 13.8 Å². The number of hydrogen-bond donors (Lipinski definition) is 2. The largest absolute Gasteiger partial charge is 0.355 e. The van der Waals surface area contributed by atoms with Gasteiger partial charge >= 0.3 is 0 Å². The third-order valence-corrected chi connectivity index (χ3v) is 0.687. The lowest BCUT2D eigenvalue weighted by Crippen LogP contribution is -2.26. The minimum Gasteiger partial charge on any atom is -0.355 e. The molecule has 47 valence electrons. The predicted octanol–water partition coefficient (Wildman–Crippen LogP) is 0.450. The topological polar surface area (TPSA) is 59.7 Å². The van der Waals surface area contributed by atoms with Crippen LogP contribution in [-0.4, -0.2) is 12.5 Å². The molecule has 0 amide bonds. The van der Waals surface area contributed by atoms with E-state index >= 15 is 0 Å². The molecule has 3 nitrogen and oxygen atoms in total. The molecule has 3 N–H and O–H groups in total. The number of rotatable bonds is 2. The molecular weight excluding hydrogens is 102 g/mol. The Labute approximate surface area is 49.8 Å². The lowest BCUT2D eigenvalue weighted by molar-refractivity contribution is 0.621. The summed E-state index contributed by atoms with van der Waals surface area (Å²) >= 11 is 0. The van der Waals surface area contributed by atoms with Crippen molar-refractivity contribution in [2.24, 2.45) is 5.92 Å². The van der Waals surface area contributed by atoms with E-state index in [9.17, 15) is 0 Å². The van der Waals surface area contributed by atoms with Gasteiger partial charge in [0.25, 0.3) is 0 Å². The van der Waals surface area contributed by atoms with Gasteiger partial charge in [-0.25, -0.2) is 0 Å². The highest BCUT2D eigenvalue weighted by atomic mass is 15.0. The summed E-state index contributed by atoms with van der Waals surface area (Å²) < 4.78 is 0. The molecular formula is C5H12N3. The maximum Gasteiger partial charge on any atom is 0.207 e. The van der Waals surface area contributed by atoms with Crippen LogP contribution in [0.2, 0.25) is 0 Å². The zero-order chi connectivity index (χ0) is 6.57. The first-order valence-electron chi connectivity index (χ1n) is 2.67. The summed E-state index contributed by atoms with van der Waals surface area (Å²) in [5, 5.41) is 9.24. The summed E-state index contributed by atoms with van der Waals surface area (Å²) in [6, 6.07) is 0. The van der Waals surface area contributed by atoms with Crippen LogP contribution in [0.4, 0.5) is 0 Å². The first kappa shape index (κ1) is 7.27. The molecule has 0 aliphatic carbocycles. The van der Waals surface area contributed by atoms with Crippen LogP contribution in [0.15, 0.2) is 0 Å². The second-order valence-electron chi connectivity index (χ2n) is 2.15. The van der Waals surface area contributed by atoms with E-state index < -0.39 is 0 Å². The quantitative estimate of drug-likeness (QED) is 0.397. The maximum absolute atomic E-state index is 6.64. The molecule has 3 heteroatoms. The Morgan fingerprint density at radius 1 is 1.62 bits per heavy atom. The zero-order valence-electron chi connectivity index (χ0n) is 5.28. The van der Waals surface area contributed by atoms with Crippen molar-refractivity contribution in [3.8, 4) is 0 Å². The van der Waals surface area contributed by atoms with E-state index in [1.54, 1.807) is 0 Å². The van der Waals surface area contributed by atoms with E-state index in [4.69, 9.17) is 11.1 Å². The van der Waals surface area contributed by atoms with Crippen molar-refractivity contribution in [3.63, 3.8) is 0 Å². The van der Waals surface area contributed by atoms with Crippen LogP contribution in [0.5, 0.6) is 0 Å². The van der Waals surface area contributed by atoms with E-state index in [0.717, 1.165) is 6.54 Å². The Balaban J connectivity index is 3.05. The standard InChI is InChI=1S/C5H12N3/c1-4(2)3-8-5(6)7/h4,6H,3H2,1-2H3,(H2,7,8). The van der Waals surface area contributed by atoms with Gasteiger partial charge in [0.15, 0.2) is 0 Å². The van der Waals surface area contributed by atoms with Gasteiger partial charge in [-0.15, -0.1) is 0 Å². The van der Waals surface area contributed by atoms with Crippen molar-refractivity contribution in [1.29, 1.82) is 5.41 Å². The van der Waals surface area contributed by atoms with Crippen LogP contribution in [0.25, 0.3) is 0 Å². The highest BCUT2D eigenvalue weighted by Crippen LogP contribution is 1.85. The molecule has 0 rings (SSSR count). The highest BCUT2D eigenvalue weighted by Gasteiger charge is 1.91. The lowest BCUT2D eigenvalue weighted by Gasteiger charge is -2.03. The molecule has 0 aliphatic rings. The van der Waals surface area contributed by atoms with Crippen molar-refractivity contribution in [2.75, 3.05) is 6.54 Å². The normalized spacial score (nSPS) is 9.38. The predicted molar refractivity (Wildman–Crippen MR) is 33.7 cm³/mol. The molecule has 1 radical (unpaired) electrons. The fourth-order valence-corrected chi connectivity index (χ4v) is 0.306. The molecule has 0 atom stereocenters. The molecule has 0 unspecified atom stereocenters. The molecule has 0 aliphatic heterocycles. The molecule has 0 saturated carbocycles. The van der Waals surface area contributed by atoms with Crippen molar-refractivity contribution in [1.82, 2.24) is 11.1 Å².